The first kappa shape index (κ1) is 9.30. The predicted molar refractivity (Wildman–Crippen MR) is 43.1 cm³/mol. The van der Waals surface area contributed by atoms with E-state index in [-0.39, 0.29) is 0 Å². The maximum Gasteiger partial charge on any atom is 0.119 e. The number of thiazole rings is 1. The van der Waals surface area contributed by atoms with Gasteiger partial charge in [-0.3, -0.25) is 4.98 Å². The molecule has 1 heterocycles. The fourth-order valence-electron chi connectivity index (χ4n) is 0.294. The lowest BCUT2D eigenvalue weighted by Gasteiger charge is -1.68. The van der Waals surface area contributed by atoms with Crippen LogP contribution < -0.4 is 0 Å². The van der Waals surface area contributed by atoms with Crippen LogP contribution in [0.15, 0.2) is 17.1 Å². The Labute approximate surface area is 64.9 Å². The highest BCUT2D eigenvalue weighted by atomic mass is 32.1. The number of hydrogen-bond acceptors (Lipinski definition) is 3. The van der Waals surface area contributed by atoms with Gasteiger partial charge in [0.1, 0.15) is 6.29 Å². The molecule has 1 rings (SSSR count). The number of aromatic nitrogens is 1. The molecule has 0 aromatic carbocycles. The van der Waals surface area contributed by atoms with Crippen LogP contribution >= 0.6 is 11.3 Å². The number of rotatable bonds is 2. The quantitative estimate of drug-likeness (QED) is 0.615. The lowest BCUT2D eigenvalue weighted by molar-refractivity contribution is -0.107. The molecule has 0 fully saturated rings. The molecule has 0 aliphatic carbocycles. The van der Waals surface area contributed by atoms with E-state index in [1.165, 1.54) is 0 Å². The number of carbonyl (C=O) groups is 1. The summed E-state index contributed by atoms with van der Waals surface area (Å²) < 4.78 is 0. The van der Waals surface area contributed by atoms with Crippen molar-refractivity contribution in [2.24, 2.45) is 0 Å². The van der Waals surface area contributed by atoms with E-state index in [1.54, 1.807) is 23.0 Å². The zero-order valence-electron chi connectivity index (χ0n) is 5.99. The monoisotopic (exact) mass is 157 g/mol. The zero-order valence-corrected chi connectivity index (χ0v) is 6.80. The lowest BCUT2D eigenvalue weighted by atomic mass is 10.4. The minimum Gasteiger partial charge on any atom is -0.303 e. The summed E-state index contributed by atoms with van der Waals surface area (Å²) in [5.41, 5.74) is 1.79. The average Bonchev–Trinajstić information content (AvgIpc) is 2.44. The van der Waals surface area contributed by atoms with Crippen molar-refractivity contribution < 1.29 is 4.79 Å². The van der Waals surface area contributed by atoms with Gasteiger partial charge in [0.05, 0.1) is 5.51 Å². The third-order valence-electron chi connectivity index (χ3n) is 0.754. The topological polar surface area (TPSA) is 30.0 Å². The third-order valence-corrected chi connectivity index (χ3v) is 1.28. The van der Waals surface area contributed by atoms with Gasteiger partial charge in [0.25, 0.3) is 0 Å². The van der Waals surface area contributed by atoms with Crippen molar-refractivity contribution in [1.29, 1.82) is 0 Å². The van der Waals surface area contributed by atoms with Gasteiger partial charge in [-0.25, -0.2) is 0 Å². The number of carbonyl (C=O) groups excluding carboxylic acids is 1. The Bertz CT molecular complexity index is 122. The van der Waals surface area contributed by atoms with Crippen molar-refractivity contribution in [3.8, 4) is 0 Å². The molecule has 0 atom stereocenters. The largest absolute Gasteiger partial charge is 0.303 e. The van der Waals surface area contributed by atoms with E-state index in [4.69, 9.17) is 0 Å². The summed E-state index contributed by atoms with van der Waals surface area (Å²) in [6, 6.07) is 0. The van der Waals surface area contributed by atoms with Crippen molar-refractivity contribution in [1.82, 2.24) is 4.98 Å². The van der Waals surface area contributed by atoms with Crippen molar-refractivity contribution in [3.63, 3.8) is 0 Å². The number of aldehydes is 1. The second-order valence-electron chi connectivity index (χ2n) is 1.63. The molecule has 1 aromatic rings. The van der Waals surface area contributed by atoms with Crippen molar-refractivity contribution in [3.05, 3.63) is 17.1 Å². The molecule has 0 unspecified atom stereocenters. The molecular formula is C7H11NOS. The molecular weight excluding hydrogens is 146 g/mol. The van der Waals surface area contributed by atoms with E-state index in [1.807, 2.05) is 12.3 Å². The molecule has 0 saturated carbocycles. The molecule has 0 aliphatic rings. The highest BCUT2D eigenvalue weighted by molar-refractivity contribution is 7.07. The second kappa shape index (κ2) is 8.30. The summed E-state index contributed by atoms with van der Waals surface area (Å²) in [6.45, 7) is 1.98. The third kappa shape index (κ3) is 7.30. The molecule has 0 saturated heterocycles. The van der Waals surface area contributed by atoms with Gasteiger partial charge in [0, 0.05) is 18.0 Å². The minimum absolute atomic E-state index is 0.708. The molecule has 56 valence electrons. The number of unbranched alkanes of at least 4 members (excludes halogenated alkanes) is 1. The molecule has 0 amide bonds. The normalized spacial score (nSPS) is 7.70. The molecule has 0 spiro atoms. The minimum atomic E-state index is 0.708. The van der Waals surface area contributed by atoms with Crippen LogP contribution in [0.4, 0.5) is 0 Å². The van der Waals surface area contributed by atoms with Gasteiger partial charge >= 0.3 is 0 Å². The van der Waals surface area contributed by atoms with Crippen molar-refractivity contribution >= 4 is 17.6 Å². The lowest BCUT2D eigenvalue weighted by Crippen LogP contribution is -1.64. The van der Waals surface area contributed by atoms with Gasteiger partial charge in [-0.2, -0.15) is 0 Å². The van der Waals surface area contributed by atoms with Crippen LogP contribution in [-0.2, 0) is 4.79 Å². The highest BCUT2D eigenvalue weighted by Crippen LogP contribution is 1.85. The summed E-state index contributed by atoms with van der Waals surface area (Å²) in [7, 11) is 0. The van der Waals surface area contributed by atoms with E-state index < -0.39 is 0 Å². The van der Waals surface area contributed by atoms with Gasteiger partial charge in [0.15, 0.2) is 0 Å². The first-order chi connectivity index (χ1) is 4.91. The van der Waals surface area contributed by atoms with Gasteiger partial charge in [0.2, 0.25) is 0 Å². The van der Waals surface area contributed by atoms with E-state index in [2.05, 4.69) is 4.98 Å². The van der Waals surface area contributed by atoms with Gasteiger partial charge in [-0.15, -0.1) is 11.3 Å². The molecule has 1 aromatic heterocycles. The highest BCUT2D eigenvalue weighted by Gasteiger charge is 1.66. The number of hydrogen-bond donors (Lipinski definition) is 0. The Hall–Kier alpha value is -0.700. The maximum absolute atomic E-state index is 9.40. The van der Waals surface area contributed by atoms with Gasteiger partial charge < -0.3 is 4.79 Å². The molecule has 2 nitrogen and oxygen atoms in total. The molecule has 0 N–H and O–H groups in total. The molecule has 0 radical (unpaired) electrons. The summed E-state index contributed by atoms with van der Waals surface area (Å²) in [6.07, 6.45) is 4.38. The van der Waals surface area contributed by atoms with E-state index in [0.29, 0.717) is 6.42 Å². The first-order valence-electron chi connectivity index (χ1n) is 3.17. The summed E-state index contributed by atoms with van der Waals surface area (Å²) in [5.74, 6) is 0. The molecule has 0 bridgehead atoms. The van der Waals surface area contributed by atoms with E-state index in [0.717, 1.165) is 12.7 Å². The number of nitrogens with zero attached hydrogens (tertiary/aromatic N) is 1. The Morgan fingerprint density at radius 2 is 2.50 bits per heavy atom. The first-order valence-corrected chi connectivity index (χ1v) is 4.12. The van der Waals surface area contributed by atoms with Gasteiger partial charge in [-0.1, -0.05) is 6.92 Å². The van der Waals surface area contributed by atoms with Crippen LogP contribution in [0.3, 0.4) is 0 Å². The van der Waals surface area contributed by atoms with E-state index in [9.17, 15) is 4.79 Å². The Kier molecular flexibility index (Phi) is 7.72. The Balaban J connectivity index is 0.000000162. The van der Waals surface area contributed by atoms with E-state index >= 15 is 0 Å². The predicted octanol–water partition coefficient (Wildman–Crippen LogP) is 2.13. The summed E-state index contributed by atoms with van der Waals surface area (Å²) in [4.78, 5) is 13.1. The Morgan fingerprint density at radius 3 is 2.60 bits per heavy atom. The second-order valence-corrected chi connectivity index (χ2v) is 2.39. The van der Waals surface area contributed by atoms with Crippen LogP contribution in [0.2, 0.25) is 0 Å². The maximum atomic E-state index is 9.40. The molecule has 10 heavy (non-hydrogen) atoms. The van der Waals surface area contributed by atoms with Crippen LogP contribution in [0.5, 0.6) is 0 Å². The standard InChI is InChI=1S/C4H8O.C3H3NS/c1-2-3-4-5;1-2-5-3-4-1/h4H,2-3H2,1H3;1-3H. The summed E-state index contributed by atoms with van der Waals surface area (Å²) >= 11 is 1.60. The Morgan fingerprint density at radius 1 is 1.70 bits per heavy atom. The van der Waals surface area contributed by atoms with Crippen molar-refractivity contribution in [2.45, 2.75) is 19.8 Å². The van der Waals surface area contributed by atoms with Crippen LogP contribution in [0, 0.1) is 0 Å². The van der Waals surface area contributed by atoms with Crippen LogP contribution in [-0.4, -0.2) is 11.3 Å². The van der Waals surface area contributed by atoms with Crippen LogP contribution in [0.1, 0.15) is 19.8 Å². The smallest absolute Gasteiger partial charge is 0.119 e. The summed E-state index contributed by atoms with van der Waals surface area (Å²) in [5, 5.41) is 1.93. The zero-order chi connectivity index (χ0) is 7.66. The van der Waals surface area contributed by atoms with Crippen molar-refractivity contribution in [2.75, 3.05) is 0 Å². The molecule has 0 aliphatic heterocycles. The fraction of sp³-hybridized carbons (Fsp3) is 0.429. The molecule has 3 heteroatoms. The van der Waals surface area contributed by atoms with Gasteiger partial charge in [-0.05, 0) is 6.42 Å². The van der Waals surface area contributed by atoms with Crippen LogP contribution in [0.25, 0.3) is 0 Å². The average molecular weight is 157 g/mol. The fourth-order valence-corrected chi connectivity index (χ4v) is 0.645. The SMILES string of the molecule is CCCC=O.c1cscn1.